The predicted octanol–water partition coefficient (Wildman–Crippen LogP) is 1.85. The first-order chi connectivity index (χ1) is 11.1. The number of imide groups is 1. The van der Waals surface area contributed by atoms with Crippen molar-refractivity contribution in [2.24, 2.45) is 23.7 Å². The second kappa shape index (κ2) is 5.60. The van der Waals surface area contributed by atoms with Gasteiger partial charge in [0.15, 0.2) is 0 Å². The molecule has 5 nitrogen and oxygen atoms in total. The average Bonchev–Trinajstić information content (AvgIpc) is 3.45. The third-order valence-corrected chi connectivity index (χ3v) is 6.21. The fourth-order valence-corrected chi connectivity index (χ4v) is 4.50. The van der Waals surface area contributed by atoms with Crippen molar-refractivity contribution in [2.75, 3.05) is 0 Å². The molecule has 3 saturated carbocycles. The van der Waals surface area contributed by atoms with Gasteiger partial charge >= 0.3 is 0 Å². The molecule has 4 fully saturated rings. The molecule has 0 aromatic heterocycles. The highest BCUT2D eigenvalue weighted by molar-refractivity contribution is 6.08. The minimum Gasteiger partial charge on any atom is -0.351 e. The van der Waals surface area contributed by atoms with E-state index in [1.54, 1.807) is 6.92 Å². The molecule has 4 rings (SSSR count). The molecule has 5 heteroatoms. The molecule has 0 spiro atoms. The number of nitrogens with zero attached hydrogens (tertiary/aromatic N) is 1. The van der Waals surface area contributed by atoms with Crippen LogP contribution in [-0.4, -0.2) is 34.7 Å². The van der Waals surface area contributed by atoms with Gasteiger partial charge in [-0.3, -0.25) is 19.3 Å². The van der Waals surface area contributed by atoms with Gasteiger partial charge in [-0.1, -0.05) is 12.8 Å². The largest absolute Gasteiger partial charge is 0.351 e. The number of likely N-dealkylation sites (tertiary alicyclic amines) is 1. The van der Waals surface area contributed by atoms with Gasteiger partial charge in [-0.15, -0.1) is 0 Å². The molecule has 126 valence electrons. The van der Waals surface area contributed by atoms with Crippen molar-refractivity contribution in [1.29, 1.82) is 0 Å². The van der Waals surface area contributed by atoms with Crippen LogP contribution in [0.4, 0.5) is 0 Å². The molecule has 0 unspecified atom stereocenters. The number of fused-ring (bicyclic) bond motifs is 1. The summed E-state index contributed by atoms with van der Waals surface area (Å²) < 4.78 is 0. The van der Waals surface area contributed by atoms with E-state index < -0.39 is 6.04 Å². The maximum absolute atomic E-state index is 12.6. The van der Waals surface area contributed by atoms with Crippen molar-refractivity contribution in [2.45, 2.75) is 70.4 Å². The summed E-state index contributed by atoms with van der Waals surface area (Å²) in [6.07, 6.45) is 8.41. The van der Waals surface area contributed by atoms with E-state index in [4.69, 9.17) is 0 Å². The zero-order chi connectivity index (χ0) is 16.1. The molecule has 3 amide bonds. The molecule has 0 bridgehead atoms. The van der Waals surface area contributed by atoms with Crippen LogP contribution >= 0.6 is 0 Å². The lowest BCUT2D eigenvalue weighted by atomic mass is 9.81. The van der Waals surface area contributed by atoms with Crippen molar-refractivity contribution in [3.05, 3.63) is 0 Å². The van der Waals surface area contributed by atoms with E-state index in [2.05, 4.69) is 5.32 Å². The Labute approximate surface area is 137 Å². The zero-order valence-corrected chi connectivity index (χ0v) is 13.8. The third kappa shape index (κ3) is 2.68. The summed E-state index contributed by atoms with van der Waals surface area (Å²) in [5, 5.41) is 3.15. The molecular formula is C18H26N2O3. The van der Waals surface area contributed by atoms with Gasteiger partial charge in [-0.2, -0.15) is 0 Å². The van der Waals surface area contributed by atoms with Crippen molar-refractivity contribution >= 4 is 17.7 Å². The van der Waals surface area contributed by atoms with Crippen molar-refractivity contribution in [3.8, 4) is 0 Å². The lowest BCUT2D eigenvalue weighted by Crippen LogP contribution is -2.51. The molecule has 4 aliphatic rings. The van der Waals surface area contributed by atoms with Gasteiger partial charge in [-0.25, -0.2) is 0 Å². The number of hydrogen-bond donors (Lipinski definition) is 1. The Morgan fingerprint density at radius 2 is 1.43 bits per heavy atom. The highest BCUT2D eigenvalue weighted by atomic mass is 16.2. The van der Waals surface area contributed by atoms with Crippen LogP contribution in [0.3, 0.4) is 0 Å². The summed E-state index contributed by atoms with van der Waals surface area (Å²) >= 11 is 0. The van der Waals surface area contributed by atoms with Crippen molar-refractivity contribution < 1.29 is 14.4 Å². The molecule has 1 saturated heterocycles. The Morgan fingerprint density at radius 3 is 1.87 bits per heavy atom. The van der Waals surface area contributed by atoms with Gasteiger partial charge in [0.2, 0.25) is 17.7 Å². The van der Waals surface area contributed by atoms with Gasteiger partial charge in [0, 0.05) is 6.04 Å². The quantitative estimate of drug-likeness (QED) is 0.787. The van der Waals surface area contributed by atoms with E-state index in [0.29, 0.717) is 11.8 Å². The standard InChI is InChI=1S/C18H26N2O3/c1-10(16(21)19-15(11-6-7-11)12-8-9-12)20-17(22)13-4-2-3-5-14(13)18(20)23/h10-15H,2-9H2,1H3,(H,19,21)/t10-,13-,14-/m1/s1. The average molecular weight is 318 g/mol. The lowest BCUT2D eigenvalue weighted by Gasteiger charge is -2.25. The summed E-state index contributed by atoms with van der Waals surface area (Å²) in [4.78, 5) is 39.1. The number of nitrogens with one attached hydrogen (secondary N) is 1. The van der Waals surface area contributed by atoms with E-state index in [1.807, 2.05) is 0 Å². The summed E-state index contributed by atoms with van der Waals surface area (Å²) in [6.45, 7) is 1.71. The van der Waals surface area contributed by atoms with Gasteiger partial charge in [-0.05, 0) is 57.3 Å². The Balaban J connectivity index is 1.45. The number of amides is 3. The van der Waals surface area contributed by atoms with Crippen LogP contribution in [0.5, 0.6) is 0 Å². The fraction of sp³-hybridized carbons (Fsp3) is 0.833. The first-order valence-corrected chi connectivity index (χ1v) is 9.25. The number of rotatable bonds is 5. The van der Waals surface area contributed by atoms with Gasteiger partial charge in [0.05, 0.1) is 11.8 Å². The van der Waals surface area contributed by atoms with Crippen molar-refractivity contribution in [3.63, 3.8) is 0 Å². The molecule has 1 N–H and O–H groups in total. The molecule has 0 radical (unpaired) electrons. The van der Waals surface area contributed by atoms with E-state index in [9.17, 15) is 14.4 Å². The molecule has 3 atom stereocenters. The normalized spacial score (nSPS) is 32.2. The third-order valence-electron chi connectivity index (χ3n) is 6.21. The first-order valence-electron chi connectivity index (χ1n) is 9.25. The molecule has 23 heavy (non-hydrogen) atoms. The van der Waals surface area contributed by atoms with Gasteiger partial charge in [0.25, 0.3) is 0 Å². The molecular weight excluding hydrogens is 292 g/mol. The topological polar surface area (TPSA) is 66.5 Å². The smallest absolute Gasteiger partial charge is 0.243 e. The molecule has 3 aliphatic carbocycles. The molecule has 1 heterocycles. The van der Waals surface area contributed by atoms with Crippen molar-refractivity contribution in [1.82, 2.24) is 10.2 Å². The second-order valence-corrected chi connectivity index (χ2v) is 7.93. The van der Waals surface area contributed by atoms with Crippen LogP contribution in [0.25, 0.3) is 0 Å². The van der Waals surface area contributed by atoms with Gasteiger partial charge in [0.1, 0.15) is 6.04 Å². The summed E-state index contributed by atoms with van der Waals surface area (Å²) in [7, 11) is 0. The van der Waals surface area contributed by atoms with Crippen LogP contribution < -0.4 is 5.32 Å². The van der Waals surface area contributed by atoms with Crippen LogP contribution in [0.2, 0.25) is 0 Å². The Kier molecular flexibility index (Phi) is 3.69. The highest BCUT2D eigenvalue weighted by Crippen LogP contribution is 2.44. The predicted molar refractivity (Wildman–Crippen MR) is 84.1 cm³/mol. The fourth-order valence-electron chi connectivity index (χ4n) is 4.50. The summed E-state index contributed by atoms with van der Waals surface area (Å²) in [5.41, 5.74) is 0. The summed E-state index contributed by atoms with van der Waals surface area (Å²) in [6, 6.07) is -0.402. The Morgan fingerprint density at radius 1 is 0.957 bits per heavy atom. The van der Waals surface area contributed by atoms with E-state index >= 15 is 0 Å². The maximum atomic E-state index is 12.6. The monoisotopic (exact) mass is 318 g/mol. The first kappa shape index (κ1) is 15.2. The molecule has 0 aromatic rings. The number of hydrogen-bond acceptors (Lipinski definition) is 3. The van der Waals surface area contributed by atoms with E-state index in [1.165, 1.54) is 30.6 Å². The Bertz CT molecular complexity index is 502. The van der Waals surface area contributed by atoms with Gasteiger partial charge < -0.3 is 5.32 Å². The van der Waals surface area contributed by atoms with E-state index in [-0.39, 0.29) is 35.6 Å². The van der Waals surface area contributed by atoms with Crippen LogP contribution in [0.1, 0.15) is 58.3 Å². The van der Waals surface area contributed by atoms with E-state index in [0.717, 1.165) is 25.7 Å². The molecule has 1 aliphatic heterocycles. The summed E-state index contributed by atoms with van der Waals surface area (Å²) in [5.74, 6) is 0.517. The maximum Gasteiger partial charge on any atom is 0.243 e. The minimum atomic E-state index is -0.666. The number of carbonyl (C=O) groups is 3. The SMILES string of the molecule is C[C@H](C(=O)NC(C1CC1)C1CC1)N1C(=O)[C@@H]2CCCC[C@H]2C1=O. The Hall–Kier alpha value is -1.39. The minimum absolute atomic E-state index is 0.114. The lowest BCUT2D eigenvalue weighted by molar-refractivity contribution is -0.147. The van der Waals surface area contributed by atoms with Crippen LogP contribution in [-0.2, 0) is 14.4 Å². The van der Waals surface area contributed by atoms with Crippen LogP contribution in [0.15, 0.2) is 0 Å². The van der Waals surface area contributed by atoms with Crippen LogP contribution in [0, 0.1) is 23.7 Å². The molecule has 0 aromatic carbocycles. The zero-order valence-electron chi connectivity index (χ0n) is 13.8. The highest BCUT2D eigenvalue weighted by Gasteiger charge is 2.51. The number of carbonyl (C=O) groups excluding carboxylic acids is 3. The second-order valence-electron chi connectivity index (χ2n) is 7.93.